The van der Waals surface area contributed by atoms with Crippen LogP contribution in [0.3, 0.4) is 0 Å². The molecule has 0 saturated carbocycles. The van der Waals surface area contributed by atoms with Gasteiger partial charge in [-0.15, -0.1) is 0 Å². The number of nitrogens with two attached hydrogens (primary N) is 1. The van der Waals surface area contributed by atoms with E-state index in [4.69, 9.17) is 11.0 Å². The van der Waals surface area contributed by atoms with Crippen LogP contribution < -0.4 is 11.3 Å². The van der Waals surface area contributed by atoms with Crippen LogP contribution in [0, 0.1) is 18.3 Å². The van der Waals surface area contributed by atoms with Crippen LogP contribution in [0.2, 0.25) is 0 Å². The Balaban J connectivity index is 1.29. The molecule has 1 aliphatic rings. The number of H-pyrrole nitrogens is 1. The molecular weight excluding hydrogens is 392 g/mol. The second-order valence-electron chi connectivity index (χ2n) is 8.16. The van der Waals surface area contributed by atoms with E-state index in [9.17, 15) is 9.59 Å². The zero-order chi connectivity index (χ0) is 22.0. The molecule has 31 heavy (non-hydrogen) atoms. The van der Waals surface area contributed by atoms with Crippen molar-refractivity contribution in [2.75, 3.05) is 18.8 Å². The Hall–Kier alpha value is -3.60. The average Bonchev–Trinajstić information content (AvgIpc) is 3.15. The van der Waals surface area contributed by atoms with Crippen molar-refractivity contribution in [2.24, 2.45) is 0 Å². The number of pyridine rings is 1. The number of nitrogens with zero attached hydrogens (tertiary/aromatic N) is 4. The quantitative estimate of drug-likeness (QED) is 0.660. The second-order valence-corrected chi connectivity index (χ2v) is 8.16. The fraction of sp³-hybridized carbons (Fsp3) is 0.391. The Morgan fingerprint density at radius 1 is 1.35 bits per heavy atom. The lowest BCUT2D eigenvalue weighted by atomic mass is 9.89. The Morgan fingerprint density at radius 2 is 2.13 bits per heavy atom. The van der Waals surface area contributed by atoms with E-state index in [1.54, 1.807) is 6.20 Å². The molecule has 0 atom stereocenters. The van der Waals surface area contributed by atoms with Gasteiger partial charge in [-0.1, -0.05) is 0 Å². The van der Waals surface area contributed by atoms with Gasteiger partial charge in [-0.3, -0.25) is 9.59 Å². The molecule has 0 spiro atoms. The minimum absolute atomic E-state index is 0.101. The highest BCUT2D eigenvalue weighted by atomic mass is 16.2. The maximum atomic E-state index is 12.6. The number of nitrogens with one attached hydrogen (secondary N) is 1. The number of carbonyl (C=O) groups is 1. The topological polar surface area (TPSA) is 120 Å². The van der Waals surface area contributed by atoms with Gasteiger partial charge in [0.05, 0.1) is 5.56 Å². The lowest BCUT2D eigenvalue weighted by molar-refractivity contribution is -0.132. The molecule has 3 aromatic rings. The van der Waals surface area contributed by atoms with E-state index in [2.05, 4.69) is 16.0 Å². The number of piperidine rings is 1. The molecule has 0 radical (unpaired) electrons. The predicted octanol–water partition coefficient (Wildman–Crippen LogP) is 2.51. The predicted molar refractivity (Wildman–Crippen MR) is 118 cm³/mol. The summed E-state index contributed by atoms with van der Waals surface area (Å²) >= 11 is 0. The number of nitrogen functional groups attached to an aromatic ring is 1. The third-order valence-electron chi connectivity index (χ3n) is 6.13. The van der Waals surface area contributed by atoms with Crippen LogP contribution in [-0.4, -0.2) is 38.3 Å². The molecule has 0 bridgehead atoms. The summed E-state index contributed by atoms with van der Waals surface area (Å²) in [6.07, 6.45) is 7.17. The maximum absolute atomic E-state index is 12.6. The Morgan fingerprint density at radius 3 is 2.87 bits per heavy atom. The molecule has 1 fully saturated rings. The first-order chi connectivity index (χ1) is 15.0. The van der Waals surface area contributed by atoms with Crippen molar-refractivity contribution >= 4 is 17.2 Å². The molecule has 8 nitrogen and oxygen atoms in total. The summed E-state index contributed by atoms with van der Waals surface area (Å²) in [5, 5.41) is 9.15. The van der Waals surface area contributed by atoms with Gasteiger partial charge in [0.25, 0.3) is 5.56 Å². The zero-order valence-corrected chi connectivity index (χ0v) is 17.6. The summed E-state index contributed by atoms with van der Waals surface area (Å²) < 4.78 is 1.89. The summed E-state index contributed by atoms with van der Waals surface area (Å²) in [5.41, 5.74) is 9.52. The minimum Gasteiger partial charge on any atom is -0.383 e. The van der Waals surface area contributed by atoms with Crippen molar-refractivity contribution in [2.45, 2.75) is 44.9 Å². The number of hydrogen-bond acceptors (Lipinski definition) is 5. The van der Waals surface area contributed by atoms with Gasteiger partial charge in [0.1, 0.15) is 17.4 Å². The van der Waals surface area contributed by atoms with Crippen LogP contribution in [0.25, 0.3) is 5.52 Å². The lowest BCUT2D eigenvalue weighted by Crippen LogP contribution is -2.37. The Labute approximate surface area is 180 Å². The molecular formula is C23H26N6O2. The number of hydrogen-bond donors (Lipinski definition) is 2. The second kappa shape index (κ2) is 8.64. The van der Waals surface area contributed by atoms with E-state index in [1.807, 2.05) is 40.6 Å². The molecule has 3 N–H and O–H groups in total. The molecule has 4 rings (SSSR count). The van der Waals surface area contributed by atoms with Gasteiger partial charge in [0.15, 0.2) is 0 Å². The van der Waals surface area contributed by atoms with Crippen LogP contribution >= 0.6 is 0 Å². The SMILES string of the molecule is Cc1ccc2c(=O)[nH]c(CCCC(=O)N3CCC(c4cnc(N)c(C#N)c4)CC3)cn12. The number of aromatic nitrogens is 3. The number of rotatable bonds is 5. The molecule has 4 heterocycles. The fourth-order valence-corrected chi connectivity index (χ4v) is 4.29. The van der Waals surface area contributed by atoms with Crippen LogP contribution in [-0.2, 0) is 11.2 Å². The van der Waals surface area contributed by atoms with Crippen molar-refractivity contribution in [1.82, 2.24) is 19.3 Å². The van der Waals surface area contributed by atoms with Gasteiger partial charge in [-0.05, 0) is 62.3 Å². The van der Waals surface area contributed by atoms with Crippen molar-refractivity contribution in [1.29, 1.82) is 5.26 Å². The van der Waals surface area contributed by atoms with E-state index in [0.717, 1.165) is 29.8 Å². The summed E-state index contributed by atoms with van der Waals surface area (Å²) in [4.78, 5) is 33.8. The monoisotopic (exact) mass is 418 g/mol. The molecule has 8 heteroatoms. The van der Waals surface area contributed by atoms with E-state index in [1.165, 1.54) is 0 Å². The number of aryl methyl sites for hydroxylation is 2. The number of nitriles is 1. The number of likely N-dealkylation sites (tertiary alicyclic amines) is 1. The summed E-state index contributed by atoms with van der Waals surface area (Å²) in [6, 6.07) is 7.62. The number of amides is 1. The van der Waals surface area contributed by atoms with E-state index in [0.29, 0.717) is 43.4 Å². The normalized spacial score (nSPS) is 14.6. The minimum atomic E-state index is -0.101. The van der Waals surface area contributed by atoms with E-state index >= 15 is 0 Å². The molecule has 1 saturated heterocycles. The van der Waals surface area contributed by atoms with Crippen molar-refractivity contribution < 1.29 is 4.79 Å². The first-order valence-electron chi connectivity index (χ1n) is 10.6. The molecule has 1 amide bonds. The van der Waals surface area contributed by atoms with Crippen LogP contribution in [0.15, 0.2) is 35.4 Å². The Bertz CT molecular complexity index is 1210. The number of fused-ring (bicyclic) bond motifs is 1. The fourth-order valence-electron chi connectivity index (χ4n) is 4.29. The van der Waals surface area contributed by atoms with Crippen LogP contribution in [0.1, 0.15) is 54.1 Å². The van der Waals surface area contributed by atoms with Gasteiger partial charge in [-0.25, -0.2) is 4.98 Å². The number of aromatic amines is 1. The molecule has 1 aliphatic heterocycles. The number of anilines is 1. The third-order valence-corrected chi connectivity index (χ3v) is 6.13. The maximum Gasteiger partial charge on any atom is 0.272 e. The van der Waals surface area contributed by atoms with Crippen molar-refractivity contribution in [3.63, 3.8) is 0 Å². The number of carbonyl (C=O) groups excluding carboxylic acids is 1. The van der Waals surface area contributed by atoms with E-state index in [-0.39, 0.29) is 23.2 Å². The summed E-state index contributed by atoms with van der Waals surface area (Å²) in [5.74, 6) is 0.685. The standard InChI is InChI=1S/C23H26N6O2/c1-15-5-6-20-23(31)27-19(14-29(15)20)3-2-4-21(30)28-9-7-16(8-10-28)18-11-17(12-24)22(25)26-13-18/h5-6,11,13-14,16H,2-4,7-10H2,1H3,(H2,25,26)(H,27,31). The molecule has 0 unspecified atom stereocenters. The molecule has 160 valence electrons. The first kappa shape index (κ1) is 20.7. The molecule has 0 aliphatic carbocycles. The van der Waals surface area contributed by atoms with Gasteiger partial charge < -0.3 is 20.0 Å². The summed E-state index contributed by atoms with van der Waals surface area (Å²) in [7, 11) is 0. The van der Waals surface area contributed by atoms with Gasteiger partial charge >= 0.3 is 0 Å². The largest absolute Gasteiger partial charge is 0.383 e. The van der Waals surface area contributed by atoms with Crippen LogP contribution in [0.5, 0.6) is 0 Å². The third kappa shape index (κ3) is 4.31. The molecule has 0 aromatic carbocycles. The smallest absolute Gasteiger partial charge is 0.272 e. The highest BCUT2D eigenvalue weighted by molar-refractivity contribution is 5.76. The van der Waals surface area contributed by atoms with Crippen LogP contribution in [0.4, 0.5) is 5.82 Å². The zero-order valence-electron chi connectivity index (χ0n) is 17.6. The Kier molecular flexibility index (Phi) is 5.76. The lowest BCUT2D eigenvalue weighted by Gasteiger charge is -2.32. The highest BCUT2D eigenvalue weighted by Gasteiger charge is 2.24. The first-order valence-corrected chi connectivity index (χ1v) is 10.6. The van der Waals surface area contributed by atoms with Crippen molar-refractivity contribution in [3.05, 3.63) is 63.5 Å². The van der Waals surface area contributed by atoms with Gasteiger partial charge in [0.2, 0.25) is 5.91 Å². The van der Waals surface area contributed by atoms with Gasteiger partial charge in [-0.2, -0.15) is 5.26 Å². The van der Waals surface area contributed by atoms with Gasteiger partial charge in [0, 0.05) is 43.3 Å². The highest BCUT2D eigenvalue weighted by Crippen LogP contribution is 2.29. The molecule has 3 aromatic heterocycles. The summed E-state index contributed by atoms with van der Waals surface area (Å²) in [6.45, 7) is 3.35. The average molecular weight is 419 g/mol. The van der Waals surface area contributed by atoms with E-state index < -0.39 is 0 Å². The van der Waals surface area contributed by atoms with Crippen molar-refractivity contribution in [3.8, 4) is 6.07 Å².